The fourth-order valence-corrected chi connectivity index (χ4v) is 2.51. The van der Waals surface area contributed by atoms with E-state index in [9.17, 15) is 4.79 Å². The molecule has 3 nitrogen and oxygen atoms in total. The van der Waals surface area contributed by atoms with Crippen LogP contribution in [0, 0.1) is 11.3 Å². The van der Waals surface area contributed by atoms with Crippen molar-refractivity contribution >= 4 is 23.7 Å². The highest BCUT2D eigenvalue weighted by Gasteiger charge is 2.21. The average molecular weight is 272 g/mol. The summed E-state index contributed by atoms with van der Waals surface area (Å²) in [6.07, 6.45) is 5.76. The summed E-state index contributed by atoms with van der Waals surface area (Å²) < 4.78 is 0. The number of hydrogen-bond donors (Lipinski definition) is 0. The molecular formula is C15H16N2OS. The highest BCUT2D eigenvalue weighted by Crippen LogP contribution is 2.18. The standard InChI is InChI=1S/C15H16N2OS/c1-19-14-6-4-12(5-7-14)10-13(11-16)15(18)17-8-2-3-9-17/h4-7,10H,2-3,8-9H2,1H3/b13-10+. The van der Waals surface area contributed by atoms with E-state index >= 15 is 0 Å². The summed E-state index contributed by atoms with van der Waals surface area (Å²) in [5.74, 6) is -0.144. The van der Waals surface area contributed by atoms with E-state index < -0.39 is 0 Å². The third-order valence-corrected chi connectivity index (χ3v) is 3.91. The van der Waals surface area contributed by atoms with Gasteiger partial charge >= 0.3 is 0 Å². The number of hydrogen-bond acceptors (Lipinski definition) is 3. The first-order valence-electron chi connectivity index (χ1n) is 6.29. The van der Waals surface area contributed by atoms with Crippen molar-refractivity contribution in [2.75, 3.05) is 19.3 Å². The number of rotatable bonds is 3. The molecule has 4 heteroatoms. The fourth-order valence-electron chi connectivity index (χ4n) is 2.10. The van der Waals surface area contributed by atoms with Crippen molar-refractivity contribution in [2.24, 2.45) is 0 Å². The van der Waals surface area contributed by atoms with Gasteiger partial charge in [0.15, 0.2) is 0 Å². The number of carbonyl (C=O) groups excluding carboxylic acids is 1. The van der Waals surface area contributed by atoms with Crippen molar-refractivity contribution in [3.8, 4) is 6.07 Å². The van der Waals surface area contributed by atoms with E-state index in [1.165, 1.54) is 4.90 Å². The van der Waals surface area contributed by atoms with Crippen LogP contribution >= 0.6 is 11.8 Å². The van der Waals surface area contributed by atoms with Gasteiger partial charge in [-0.3, -0.25) is 4.79 Å². The number of carbonyl (C=O) groups is 1. The summed E-state index contributed by atoms with van der Waals surface area (Å²) in [5.41, 5.74) is 1.11. The van der Waals surface area contributed by atoms with Crippen LogP contribution in [0.5, 0.6) is 0 Å². The molecule has 1 heterocycles. The fraction of sp³-hybridized carbons (Fsp3) is 0.333. The Bertz CT molecular complexity index is 522. The van der Waals surface area contributed by atoms with Gasteiger partial charge < -0.3 is 4.90 Å². The molecule has 0 aliphatic carbocycles. The second-order valence-electron chi connectivity index (χ2n) is 4.44. The third-order valence-electron chi connectivity index (χ3n) is 3.17. The first-order valence-corrected chi connectivity index (χ1v) is 7.52. The minimum Gasteiger partial charge on any atom is -0.338 e. The Morgan fingerprint density at radius 3 is 2.47 bits per heavy atom. The summed E-state index contributed by atoms with van der Waals surface area (Å²) in [5, 5.41) is 9.15. The van der Waals surface area contributed by atoms with Crippen molar-refractivity contribution in [3.05, 3.63) is 35.4 Å². The molecule has 1 aliphatic heterocycles. The third kappa shape index (κ3) is 3.39. The molecular weight excluding hydrogens is 256 g/mol. The smallest absolute Gasteiger partial charge is 0.264 e. The van der Waals surface area contributed by atoms with Crippen molar-refractivity contribution < 1.29 is 4.79 Å². The van der Waals surface area contributed by atoms with E-state index in [0.717, 1.165) is 31.5 Å². The maximum absolute atomic E-state index is 12.1. The molecule has 0 saturated carbocycles. The Hall–Kier alpha value is -1.73. The van der Waals surface area contributed by atoms with E-state index in [4.69, 9.17) is 5.26 Å². The maximum Gasteiger partial charge on any atom is 0.264 e. The Labute approximate surface area is 117 Å². The van der Waals surface area contributed by atoms with Crippen molar-refractivity contribution in [1.29, 1.82) is 5.26 Å². The summed E-state index contributed by atoms with van der Waals surface area (Å²) in [4.78, 5) is 15.1. The monoisotopic (exact) mass is 272 g/mol. The first kappa shape index (κ1) is 13.7. The Morgan fingerprint density at radius 2 is 1.95 bits per heavy atom. The molecule has 19 heavy (non-hydrogen) atoms. The molecule has 1 saturated heterocycles. The minimum atomic E-state index is -0.144. The van der Waals surface area contributed by atoms with Crippen LogP contribution < -0.4 is 0 Å². The molecule has 1 amide bonds. The normalized spacial score (nSPS) is 15.4. The van der Waals surface area contributed by atoms with Crippen LogP contribution in [0.4, 0.5) is 0 Å². The van der Waals surface area contributed by atoms with Crippen molar-refractivity contribution in [2.45, 2.75) is 17.7 Å². The van der Waals surface area contributed by atoms with Crippen LogP contribution in [0.3, 0.4) is 0 Å². The van der Waals surface area contributed by atoms with E-state index in [-0.39, 0.29) is 11.5 Å². The molecule has 98 valence electrons. The lowest BCUT2D eigenvalue weighted by Crippen LogP contribution is -2.28. The zero-order chi connectivity index (χ0) is 13.7. The lowest BCUT2D eigenvalue weighted by Gasteiger charge is -2.14. The molecule has 1 aromatic rings. The molecule has 0 aromatic heterocycles. The molecule has 0 radical (unpaired) electrons. The van der Waals surface area contributed by atoms with Gasteiger partial charge in [0.25, 0.3) is 5.91 Å². The lowest BCUT2D eigenvalue weighted by molar-refractivity contribution is -0.125. The predicted octanol–water partition coefficient (Wildman–Crippen LogP) is 2.94. The van der Waals surface area contributed by atoms with Crippen molar-refractivity contribution in [3.63, 3.8) is 0 Å². The SMILES string of the molecule is CSc1ccc(/C=C(\C#N)C(=O)N2CCCC2)cc1. The number of likely N-dealkylation sites (tertiary alicyclic amines) is 1. The van der Waals surface area contributed by atoms with E-state index in [1.54, 1.807) is 22.7 Å². The van der Waals surface area contributed by atoms with Crippen LogP contribution in [0.25, 0.3) is 6.08 Å². The van der Waals surface area contributed by atoms with Crippen LogP contribution in [0.2, 0.25) is 0 Å². The van der Waals surface area contributed by atoms with Crippen LogP contribution in [-0.2, 0) is 4.79 Å². The maximum atomic E-state index is 12.1. The molecule has 1 aliphatic rings. The largest absolute Gasteiger partial charge is 0.338 e. The van der Waals surface area contributed by atoms with Gasteiger partial charge in [-0.1, -0.05) is 12.1 Å². The summed E-state index contributed by atoms with van der Waals surface area (Å²) in [6.45, 7) is 1.53. The number of thioether (sulfide) groups is 1. The second kappa shape index (κ2) is 6.44. The zero-order valence-corrected chi connectivity index (χ0v) is 11.7. The topological polar surface area (TPSA) is 44.1 Å². The van der Waals surface area contributed by atoms with E-state index in [1.807, 2.05) is 36.6 Å². The van der Waals surface area contributed by atoms with Gasteiger partial charge in [-0.2, -0.15) is 5.26 Å². The zero-order valence-electron chi connectivity index (χ0n) is 10.9. The van der Waals surface area contributed by atoms with Crippen LogP contribution in [0.1, 0.15) is 18.4 Å². The Kier molecular flexibility index (Phi) is 4.64. The Balaban J connectivity index is 2.17. The van der Waals surface area contributed by atoms with Crippen LogP contribution in [-0.4, -0.2) is 30.2 Å². The summed E-state index contributed by atoms with van der Waals surface area (Å²) in [7, 11) is 0. The molecule has 0 N–H and O–H groups in total. The van der Waals surface area contributed by atoms with Gasteiger partial charge in [0.1, 0.15) is 11.6 Å². The molecule has 0 bridgehead atoms. The summed E-state index contributed by atoms with van der Waals surface area (Å²) >= 11 is 1.67. The first-order chi connectivity index (χ1) is 9.24. The quantitative estimate of drug-likeness (QED) is 0.483. The van der Waals surface area contributed by atoms with E-state index in [2.05, 4.69) is 0 Å². The molecule has 2 rings (SSSR count). The van der Waals surface area contributed by atoms with Gasteiger partial charge in [0.05, 0.1) is 0 Å². The Morgan fingerprint density at radius 1 is 1.32 bits per heavy atom. The molecule has 0 unspecified atom stereocenters. The van der Waals surface area contributed by atoms with Crippen molar-refractivity contribution in [1.82, 2.24) is 4.90 Å². The van der Waals surface area contributed by atoms with E-state index in [0.29, 0.717) is 0 Å². The highest BCUT2D eigenvalue weighted by atomic mass is 32.2. The molecule has 1 aromatic carbocycles. The van der Waals surface area contributed by atoms with Gasteiger partial charge in [-0.15, -0.1) is 11.8 Å². The van der Waals surface area contributed by atoms with Gasteiger partial charge in [0, 0.05) is 18.0 Å². The van der Waals surface area contributed by atoms with Gasteiger partial charge in [-0.25, -0.2) is 0 Å². The minimum absolute atomic E-state index is 0.144. The molecule has 0 atom stereocenters. The number of nitriles is 1. The summed E-state index contributed by atoms with van der Waals surface area (Å²) in [6, 6.07) is 9.87. The number of nitrogens with zero attached hydrogens (tertiary/aromatic N) is 2. The molecule has 1 fully saturated rings. The number of amides is 1. The predicted molar refractivity (Wildman–Crippen MR) is 77.6 cm³/mol. The second-order valence-corrected chi connectivity index (χ2v) is 5.32. The van der Waals surface area contributed by atoms with Gasteiger partial charge in [-0.05, 0) is 42.9 Å². The molecule has 0 spiro atoms. The number of benzene rings is 1. The average Bonchev–Trinajstić information content (AvgIpc) is 2.99. The van der Waals surface area contributed by atoms with Crippen LogP contribution in [0.15, 0.2) is 34.7 Å². The lowest BCUT2D eigenvalue weighted by atomic mass is 10.1. The highest BCUT2D eigenvalue weighted by molar-refractivity contribution is 7.98. The van der Waals surface area contributed by atoms with Gasteiger partial charge in [0.2, 0.25) is 0 Å².